The second-order valence-electron chi connectivity index (χ2n) is 5.74. The maximum absolute atomic E-state index is 12.4. The average Bonchev–Trinajstić information content (AvgIpc) is 3.02. The maximum atomic E-state index is 12.4. The molecule has 4 heteroatoms. The van der Waals surface area contributed by atoms with E-state index in [1.54, 1.807) is 0 Å². The molecule has 2 saturated carbocycles. The number of nitrogens with zero attached hydrogens (tertiary/aromatic N) is 1. The highest BCUT2D eigenvalue weighted by Gasteiger charge is 2.52. The maximum Gasteiger partial charge on any atom is 0.226 e. The molecule has 1 saturated heterocycles. The molecule has 4 atom stereocenters. The van der Waals surface area contributed by atoms with Crippen LogP contribution < -0.4 is 5.11 Å². The monoisotopic (exact) mass is 236 g/mol. The van der Waals surface area contributed by atoms with Gasteiger partial charge in [-0.3, -0.25) is 4.79 Å². The minimum absolute atomic E-state index is 0.0869. The molecule has 0 aromatic rings. The summed E-state index contributed by atoms with van der Waals surface area (Å²) in [7, 11) is 0. The first kappa shape index (κ1) is 11.1. The van der Waals surface area contributed by atoms with Gasteiger partial charge in [-0.05, 0) is 43.9 Å². The highest BCUT2D eigenvalue weighted by atomic mass is 16.4. The SMILES string of the molecule is O=C([O-])[C@H]1[C@@H]2CC[C@H](C2)[C@@H]1C(=O)N1CCCC1. The Labute approximate surface area is 101 Å². The van der Waals surface area contributed by atoms with Crippen molar-refractivity contribution in [3.63, 3.8) is 0 Å². The second-order valence-corrected chi connectivity index (χ2v) is 5.74. The van der Waals surface area contributed by atoms with E-state index >= 15 is 0 Å². The summed E-state index contributed by atoms with van der Waals surface area (Å²) in [5.74, 6) is -1.21. The van der Waals surface area contributed by atoms with Crippen LogP contribution in [0.2, 0.25) is 0 Å². The molecule has 17 heavy (non-hydrogen) atoms. The number of rotatable bonds is 2. The van der Waals surface area contributed by atoms with Crippen molar-refractivity contribution >= 4 is 11.9 Å². The van der Waals surface area contributed by atoms with E-state index in [4.69, 9.17) is 0 Å². The Bertz CT molecular complexity index is 349. The second kappa shape index (κ2) is 4.00. The molecule has 0 aromatic heterocycles. The van der Waals surface area contributed by atoms with E-state index in [9.17, 15) is 14.7 Å². The number of carboxylic acid groups (broad SMARTS) is 1. The Morgan fingerprint density at radius 3 is 2.18 bits per heavy atom. The highest BCUT2D eigenvalue weighted by Crippen LogP contribution is 2.52. The van der Waals surface area contributed by atoms with Crippen LogP contribution in [0.4, 0.5) is 0 Å². The zero-order valence-electron chi connectivity index (χ0n) is 9.93. The zero-order valence-corrected chi connectivity index (χ0v) is 9.93. The van der Waals surface area contributed by atoms with Gasteiger partial charge in [0.25, 0.3) is 0 Å². The minimum Gasteiger partial charge on any atom is -0.550 e. The van der Waals surface area contributed by atoms with E-state index in [1.165, 1.54) is 0 Å². The first-order valence-corrected chi connectivity index (χ1v) is 6.68. The summed E-state index contributed by atoms with van der Waals surface area (Å²) in [6.45, 7) is 1.62. The molecule has 2 aliphatic carbocycles. The van der Waals surface area contributed by atoms with Gasteiger partial charge in [0.1, 0.15) is 0 Å². The lowest BCUT2D eigenvalue weighted by Gasteiger charge is -2.33. The summed E-state index contributed by atoms with van der Waals surface area (Å²) in [4.78, 5) is 25.5. The summed E-state index contributed by atoms with van der Waals surface area (Å²) in [5, 5.41) is 11.2. The summed E-state index contributed by atoms with van der Waals surface area (Å²) in [6.07, 6.45) is 5.03. The average molecular weight is 236 g/mol. The van der Waals surface area contributed by atoms with Crippen molar-refractivity contribution in [1.29, 1.82) is 0 Å². The molecule has 3 fully saturated rings. The molecular weight excluding hydrogens is 218 g/mol. The molecule has 1 aliphatic heterocycles. The predicted molar refractivity (Wildman–Crippen MR) is 58.6 cm³/mol. The van der Waals surface area contributed by atoms with Crippen molar-refractivity contribution in [2.24, 2.45) is 23.7 Å². The van der Waals surface area contributed by atoms with Gasteiger partial charge in [0.05, 0.1) is 0 Å². The van der Waals surface area contributed by atoms with Crippen molar-refractivity contribution in [1.82, 2.24) is 4.90 Å². The number of carbonyl (C=O) groups excluding carboxylic acids is 2. The third kappa shape index (κ3) is 1.65. The lowest BCUT2D eigenvalue weighted by atomic mass is 9.78. The van der Waals surface area contributed by atoms with Gasteiger partial charge in [-0.2, -0.15) is 0 Å². The summed E-state index contributed by atoms with van der Waals surface area (Å²) >= 11 is 0. The van der Waals surface area contributed by atoms with Crippen molar-refractivity contribution in [2.75, 3.05) is 13.1 Å². The number of amides is 1. The minimum atomic E-state index is -1.00. The number of carbonyl (C=O) groups is 2. The van der Waals surface area contributed by atoms with Crippen LogP contribution in [-0.4, -0.2) is 29.9 Å². The highest BCUT2D eigenvalue weighted by molar-refractivity contribution is 5.85. The molecule has 0 aromatic carbocycles. The predicted octanol–water partition coefficient (Wildman–Crippen LogP) is 0.0210. The fourth-order valence-electron chi connectivity index (χ4n) is 4.13. The zero-order chi connectivity index (χ0) is 12.0. The molecular formula is C13H18NO3-. The quantitative estimate of drug-likeness (QED) is 0.679. The fourth-order valence-corrected chi connectivity index (χ4v) is 4.13. The molecule has 1 amide bonds. The third-order valence-electron chi connectivity index (χ3n) is 4.89. The lowest BCUT2D eigenvalue weighted by Crippen LogP contribution is -2.46. The van der Waals surface area contributed by atoms with Gasteiger partial charge in [0.15, 0.2) is 0 Å². The summed E-state index contributed by atoms with van der Waals surface area (Å²) < 4.78 is 0. The van der Waals surface area contributed by atoms with E-state index in [0.717, 1.165) is 45.2 Å². The van der Waals surface area contributed by atoms with Gasteiger partial charge in [-0.15, -0.1) is 0 Å². The van der Waals surface area contributed by atoms with Crippen LogP contribution in [0.15, 0.2) is 0 Å². The molecule has 4 nitrogen and oxygen atoms in total. The molecule has 0 N–H and O–H groups in total. The Kier molecular flexibility index (Phi) is 2.60. The van der Waals surface area contributed by atoms with E-state index in [1.807, 2.05) is 4.90 Å². The van der Waals surface area contributed by atoms with E-state index in [0.29, 0.717) is 5.92 Å². The van der Waals surface area contributed by atoms with Crippen molar-refractivity contribution in [2.45, 2.75) is 32.1 Å². The van der Waals surface area contributed by atoms with E-state index in [-0.39, 0.29) is 17.7 Å². The number of likely N-dealkylation sites (tertiary alicyclic amines) is 1. The molecule has 0 spiro atoms. The van der Waals surface area contributed by atoms with Crippen molar-refractivity contribution in [3.8, 4) is 0 Å². The van der Waals surface area contributed by atoms with Crippen LogP contribution in [-0.2, 0) is 9.59 Å². The smallest absolute Gasteiger partial charge is 0.226 e. The first-order chi connectivity index (χ1) is 8.18. The fraction of sp³-hybridized carbons (Fsp3) is 0.846. The van der Waals surface area contributed by atoms with Gasteiger partial charge >= 0.3 is 0 Å². The Hall–Kier alpha value is -1.06. The summed E-state index contributed by atoms with van der Waals surface area (Å²) in [6, 6.07) is 0. The van der Waals surface area contributed by atoms with Crippen molar-refractivity contribution in [3.05, 3.63) is 0 Å². The molecule has 0 unspecified atom stereocenters. The number of fused-ring (bicyclic) bond motifs is 2. The molecule has 3 rings (SSSR count). The van der Waals surface area contributed by atoms with Gasteiger partial charge < -0.3 is 14.8 Å². The topological polar surface area (TPSA) is 60.4 Å². The van der Waals surface area contributed by atoms with Crippen LogP contribution in [0.3, 0.4) is 0 Å². The normalized spacial score (nSPS) is 39.9. The van der Waals surface area contributed by atoms with Crippen LogP contribution in [0.1, 0.15) is 32.1 Å². The van der Waals surface area contributed by atoms with E-state index < -0.39 is 11.9 Å². The van der Waals surface area contributed by atoms with Gasteiger partial charge in [-0.1, -0.05) is 0 Å². The number of carboxylic acids is 1. The van der Waals surface area contributed by atoms with Crippen LogP contribution in [0.5, 0.6) is 0 Å². The molecule has 0 radical (unpaired) electrons. The first-order valence-electron chi connectivity index (χ1n) is 6.68. The van der Waals surface area contributed by atoms with Crippen LogP contribution in [0.25, 0.3) is 0 Å². The van der Waals surface area contributed by atoms with Gasteiger partial charge in [0, 0.05) is 30.9 Å². The van der Waals surface area contributed by atoms with Crippen LogP contribution >= 0.6 is 0 Å². The Balaban J connectivity index is 1.80. The van der Waals surface area contributed by atoms with Gasteiger partial charge in [0.2, 0.25) is 5.91 Å². The molecule has 3 aliphatic rings. The molecule has 1 heterocycles. The number of hydrogen-bond donors (Lipinski definition) is 0. The lowest BCUT2D eigenvalue weighted by molar-refractivity contribution is -0.314. The van der Waals surface area contributed by atoms with Crippen molar-refractivity contribution < 1.29 is 14.7 Å². The van der Waals surface area contributed by atoms with Crippen LogP contribution in [0, 0.1) is 23.7 Å². The Morgan fingerprint density at radius 1 is 1.00 bits per heavy atom. The van der Waals surface area contributed by atoms with Gasteiger partial charge in [-0.25, -0.2) is 0 Å². The standard InChI is InChI=1S/C13H19NO3/c15-12(14-5-1-2-6-14)10-8-3-4-9(7-8)11(10)13(16)17/h8-11H,1-7H2,(H,16,17)/p-1/t8-,9-,10+,11+/m1/s1. The number of hydrogen-bond acceptors (Lipinski definition) is 3. The largest absolute Gasteiger partial charge is 0.550 e. The van der Waals surface area contributed by atoms with E-state index in [2.05, 4.69) is 0 Å². The third-order valence-corrected chi connectivity index (χ3v) is 4.89. The molecule has 2 bridgehead atoms. The summed E-state index contributed by atoms with van der Waals surface area (Å²) in [5.41, 5.74) is 0. The Morgan fingerprint density at radius 2 is 1.59 bits per heavy atom. The molecule has 94 valence electrons. The number of aliphatic carboxylic acids is 1.